The molecule has 1 spiro atoms. The summed E-state index contributed by atoms with van der Waals surface area (Å²) >= 11 is 3.07. The molecule has 0 bridgehead atoms. The van der Waals surface area contributed by atoms with Crippen LogP contribution in [0, 0.1) is 6.92 Å². The second kappa shape index (κ2) is 6.55. The van der Waals surface area contributed by atoms with E-state index in [1.54, 1.807) is 11.3 Å². The topological polar surface area (TPSA) is 74.3 Å². The summed E-state index contributed by atoms with van der Waals surface area (Å²) in [5.74, 6) is 0.627. The summed E-state index contributed by atoms with van der Waals surface area (Å²) in [6, 6.07) is 0. The molecule has 1 aromatic rings. The number of aryl methyl sites for hydroxylation is 1. The molecule has 0 atom stereocenters. The SMILES string of the molecule is Cc1csc(SCC(=O)N2CCC3(CC2)NCCNC3=O)n1. The molecule has 22 heavy (non-hydrogen) atoms. The highest BCUT2D eigenvalue weighted by molar-refractivity contribution is 8.01. The van der Waals surface area contributed by atoms with Crippen molar-refractivity contribution in [3.05, 3.63) is 11.1 Å². The monoisotopic (exact) mass is 340 g/mol. The van der Waals surface area contributed by atoms with Crippen molar-refractivity contribution in [2.75, 3.05) is 31.9 Å². The molecule has 1 aromatic heterocycles. The van der Waals surface area contributed by atoms with E-state index in [2.05, 4.69) is 15.6 Å². The number of likely N-dealkylation sites (tertiary alicyclic amines) is 1. The summed E-state index contributed by atoms with van der Waals surface area (Å²) < 4.78 is 0.938. The van der Waals surface area contributed by atoms with Gasteiger partial charge in [-0.2, -0.15) is 0 Å². The van der Waals surface area contributed by atoms with Gasteiger partial charge in [0.25, 0.3) is 0 Å². The first-order chi connectivity index (χ1) is 10.6. The number of aromatic nitrogens is 1. The molecule has 0 saturated carbocycles. The Morgan fingerprint density at radius 3 is 2.86 bits per heavy atom. The molecule has 2 N–H and O–H groups in total. The summed E-state index contributed by atoms with van der Waals surface area (Å²) in [5, 5.41) is 8.25. The van der Waals surface area contributed by atoms with E-state index in [0.717, 1.165) is 16.6 Å². The summed E-state index contributed by atoms with van der Waals surface area (Å²) in [6.45, 7) is 4.72. The van der Waals surface area contributed by atoms with Gasteiger partial charge in [0.2, 0.25) is 11.8 Å². The average Bonchev–Trinajstić information content (AvgIpc) is 2.94. The molecule has 0 radical (unpaired) electrons. The maximum Gasteiger partial charge on any atom is 0.240 e. The molecule has 8 heteroatoms. The van der Waals surface area contributed by atoms with Crippen LogP contribution < -0.4 is 10.6 Å². The largest absolute Gasteiger partial charge is 0.353 e. The summed E-state index contributed by atoms with van der Waals surface area (Å²) in [4.78, 5) is 30.6. The van der Waals surface area contributed by atoms with E-state index in [0.29, 0.717) is 38.2 Å². The Morgan fingerprint density at radius 1 is 1.45 bits per heavy atom. The minimum absolute atomic E-state index is 0.0819. The van der Waals surface area contributed by atoms with Crippen molar-refractivity contribution >= 4 is 34.9 Å². The second-order valence-corrected chi connectivity index (χ2v) is 7.77. The van der Waals surface area contributed by atoms with Gasteiger partial charge in [0, 0.05) is 37.3 Å². The van der Waals surface area contributed by atoms with E-state index in [4.69, 9.17) is 0 Å². The maximum absolute atomic E-state index is 12.3. The number of carbonyl (C=O) groups excluding carboxylic acids is 2. The summed E-state index contributed by atoms with van der Waals surface area (Å²) in [6.07, 6.45) is 1.37. The maximum atomic E-state index is 12.3. The van der Waals surface area contributed by atoms with E-state index in [1.807, 2.05) is 17.2 Å². The predicted molar refractivity (Wildman–Crippen MR) is 87.1 cm³/mol. The molecule has 0 aliphatic carbocycles. The van der Waals surface area contributed by atoms with Gasteiger partial charge in [-0.1, -0.05) is 11.8 Å². The standard InChI is InChI=1S/C14H20N4O2S2/c1-10-8-21-13(17-10)22-9-11(19)18-6-2-14(3-7-18)12(20)15-4-5-16-14/h8,16H,2-7,9H2,1H3,(H,15,20). The van der Waals surface area contributed by atoms with Crippen LogP contribution in [0.15, 0.2) is 9.72 Å². The van der Waals surface area contributed by atoms with Crippen molar-refractivity contribution < 1.29 is 9.59 Å². The van der Waals surface area contributed by atoms with E-state index >= 15 is 0 Å². The lowest BCUT2D eigenvalue weighted by molar-refractivity contribution is -0.137. The van der Waals surface area contributed by atoms with Crippen LogP contribution in [0.2, 0.25) is 0 Å². The first kappa shape index (κ1) is 15.8. The number of hydrogen-bond donors (Lipinski definition) is 2. The third-order valence-electron chi connectivity index (χ3n) is 4.20. The fourth-order valence-electron chi connectivity index (χ4n) is 2.88. The molecule has 3 heterocycles. The quantitative estimate of drug-likeness (QED) is 0.789. The first-order valence-corrected chi connectivity index (χ1v) is 9.32. The predicted octanol–water partition coefficient (Wildman–Crippen LogP) is 0.624. The lowest BCUT2D eigenvalue weighted by Crippen LogP contribution is -2.67. The van der Waals surface area contributed by atoms with E-state index in [1.165, 1.54) is 11.8 Å². The number of rotatable bonds is 3. The Kier molecular flexibility index (Phi) is 4.70. The average molecular weight is 340 g/mol. The van der Waals surface area contributed by atoms with E-state index < -0.39 is 5.54 Å². The van der Waals surface area contributed by atoms with Crippen molar-refractivity contribution in [2.45, 2.75) is 29.6 Å². The van der Waals surface area contributed by atoms with Crippen LogP contribution in [0.25, 0.3) is 0 Å². The van der Waals surface area contributed by atoms with Gasteiger partial charge >= 0.3 is 0 Å². The van der Waals surface area contributed by atoms with Gasteiger partial charge in [0.05, 0.1) is 5.75 Å². The number of thioether (sulfide) groups is 1. The Labute approximate surface area is 138 Å². The van der Waals surface area contributed by atoms with Crippen molar-refractivity contribution in [3.8, 4) is 0 Å². The molecule has 2 saturated heterocycles. The van der Waals surface area contributed by atoms with Crippen molar-refractivity contribution in [1.82, 2.24) is 20.5 Å². The number of amides is 2. The van der Waals surface area contributed by atoms with Crippen molar-refractivity contribution in [2.24, 2.45) is 0 Å². The number of hydrogen-bond acceptors (Lipinski definition) is 6. The smallest absolute Gasteiger partial charge is 0.240 e. The Hall–Kier alpha value is -1.12. The summed E-state index contributed by atoms with van der Waals surface area (Å²) in [5.41, 5.74) is 0.531. The van der Waals surface area contributed by atoms with Crippen LogP contribution in [0.5, 0.6) is 0 Å². The Balaban J connectivity index is 1.50. The van der Waals surface area contributed by atoms with E-state index in [9.17, 15) is 9.59 Å². The van der Waals surface area contributed by atoms with Crippen LogP contribution in [0.3, 0.4) is 0 Å². The van der Waals surface area contributed by atoms with Crippen LogP contribution in [-0.4, -0.2) is 59.2 Å². The lowest BCUT2D eigenvalue weighted by Gasteiger charge is -2.43. The third-order valence-corrected chi connectivity index (χ3v) is 6.32. The highest BCUT2D eigenvalue weighted by atomic mass is 32.2. The van der Waals surface area contributed by atoms with Crippen LogP contribution in [-0.2, 0) is 9.59 Å². The minimum Gasteiger partial charge on any atom is -0.353 e. The molecule has 6 nitrogen and oxygen atoms in total. The molecule has 2 aliphatic heterocycles. The zero-order chi connectivity index (χ0) is 15.6. The highest BCUT2D eigenvalue weighted by Gasteiger charge is 2.43. The number of nitrogens with one attached hydrogen (secondary N) is 2. The van der Waals surface area contributed by atoms with Crippen LogP contribution in [0.4, 0.5) is 0 Å². The lowest BCUT2D eigenvalue weighted by atomic mass is 9.85. The molecule has 2 aliphatic rings. The van der Waals surface area contributed by atoms with Gasteiger partial charge in [-0.15, -0.1) is 11.3 Å². The number of carbonyl (C=O) groups is 2. The van der Waals surface area contributed by atoms with Gasteiger partial charge in [-0.3, -0.25) is 9.59 Å². The fourth-order valence-corrected chi connectivity index (χ4v) is 4.63. The molecule has 0 unspecified atom stereocenters. The molecule has 2 fully saturated rings. The fraction of sp³-hybridized carbons (Fsp3) is 0.643. The van der Waals surface area contributed by atoms with Gasteiger partial charge in [-0.25, -0.2) is 4.98 Å². The van der Waals surface area contributed by atoms with Gasteiger partial charge in [-0.05, 0) is 19.8 Å². The van der Waals surface area contributed by atoms with Crippen LogP contribution >= 0.6 is 23.1 Å². The minimum atomic E-state index is -0.464. The molecule has 2 amide bonds. The Bertz CT molecular complexity index is 567. The normalized spacial score (nSPS) is 21.0. The zero-order valence-electron chi connectivity index (χ0n) is 12.6. The summed E-state index contributed by atoms with van der Waals surface area (Å²) in [7, 11) is 0. The van der Waals surface area contributed by atoms with E-state index in [-0.39, 0.29) is 11.8 Å². The number of nitrogens with zero attached hydrogens (tertiary/aromatic N) is 2. The van der Waals surface area contributed by atoms with Crippen molar-refractivity contribution in [3.63, 3.8) is 0 Å². The number of piperazine rings is 1. The van der Waals surface area contributed by atoms with Gasteiger partial charge in [0.15, 0.2) is 4.34 Å². The molecular weight excluding hydrogens is 320 g/mol. The van der Waals surface area contributed by atoms with Gasteiger partial charge in [0.1, 0.15) is 5.54 Å². The van der Waals surface area contributed by atoms with Gasteiger partial charge < -0.3 is 15.5 Å². The number of piperidine rings is 1. The van der Waals surface area contributed by atoms with Crippen LogP contribution in [0.1, 0.15) is 18.5 Å². The molecular formula is C14H20N4O2S2. The number of thiazole rings is 1. The second-order valence-electron chi connectivity index (χ2n) is 5.69. The molecule has 120 valence electrons. The Morgan fingerprint density at radius 2 is 2.23 bits per heavy atom. The highest BCUT2D eigenvalue weighted by Crippen LogP contribution is 2.26. The third kappa shape index (κ3) is 3.28. The zero-order valence-corrected chi connectivity index (χ0v) is 14.2. The van der Waals surface area contributed by atoms with Crippen molar-refractivity contribution in [1.29, 1.82) is 0 Å². The first-order valence-electron chi connectivity index (χ1n) is 7.45. The molecule has 3 rings (SSSR count). The molecule has 0 aromatic carbocycles.